The molecule has 4 rings (SSSR count). The number of aromatic nitrogens is 2. The Labute approximate surface area is 222 Å². The number of halogens is 1. The second-order valence-electron chi connectivity index (χ2n) is 9.40. The Hall–Kier alpha value is -2.98. The Morgan fingerprint density at radius 1 is 0.833 bits per heavy atom. The van der Waals surface area contributed by atoms with Crippen LogP contribution < -0.4 is 4.74 Å². The molecule has 0 aliphatic carbocycles. The molecular weight excluding hydrogens is 466 g/mol. The SMILES string of the molecule is CCCCCCCCCCCC1=NC(=Cc2[nH]c(-c3ccc[nH]3)cc2OCc2ccccc2)C=C1.Cl. The van der Waals surface area contributed by atoms with Crippen LogP contribution in [-0.4, -0.2) is 15.7 Å². The van der Waals surface area contributed by atoms with Crippen molar-refractivity contribution in [2.24, 2.45) is 4.99 Å². The van der Waals surface area contributed by atoms with E-state index in [0.29, 0.717) is 6.61 Å². The van der Waals surface area contributed by atoms with Gasteiger partial charge in [-0.15, -0.1) is 12.4 Å². The molecule has 0 unspecified atom stereocenters. The zero-order valence-corrected chi connectivity index (χ0v) is 22.3. The summed E-state index contributed by atoms with van der Waals surface area (Å²) in [4.78, 5) is 11.6. The summed E-state index contributed by atoms with van der Waals surface area (Å²) in [6, 6.07) is 16.4. The normalized spacial score (nSPS) is 13.7. The number of nitrogens with zero attached hydrogens (tertiary/aromatic N) is 1. The number of ether oxygens (including phenoxy) is 1. The zero-order chi connectivity index (χ0) is 24.1. The minimum atomic E-state index is 0. The fraction of sp³-hybridized carbons (Fsp3) is 0.387. The van der Waals surface area contributed by atoms with Crippen molar-refractivity contribution in [3.05, 3.63) is 83.8 Å². The van der Waals surface area contributed by atoms with Gasteiger partial charge in [0.2, 0.25) is 0 Å². The molecule has 1 aliphatic rings. The highest BCUT2D eigenvalue weighted by Gasteiger charge is 2.12. The van der Waals surface area contributed by atoms with Crippen molar-refractivity contribution in [2.45, 2.75) is 77.7 Å². The summed E-state index contributed by atoms with van der Waals surface area (Å²) < 4.78 is 6.21. The Bertz CT molecular complexity index is 1110. The van der Waals surface area contributed by atoms with Crippen LogP contribution in [0.2, 0.25) is 0 Å². The molecule has 0 fully saturated rings. The Morgan fingerprint density at radius 2 is 1.58 bits per heavy atom. The molecule has 3 heterocycles. The van der Waals surface area contributed by atoms with Gasteiger partial charge in [-0.1, -0.05) is 88.6 Å². The van der Waals surface area contributed by atoms with Crippen molar-refractivity contribution in [2.75, 3.05) is 0 Å². The summed E-state index contributed by atoms with van der Waals surface area (Å²) in [7, 11) is 0. The summed E-state index contributed by atoms with van der Waals surface area (Å²) in [5.74, 6) is 0.835. The number of H-pyrrole nitrogens is 2. The molecule has 0 saturated carbocycles. The number of unbranched alkanes of at least 4 members (excludes halogenated alkanes) is 8. The molecule has 3 aromatic rings. The summed E-state index contributed by atoms with van der Waals surface area (Å²) >= 11 is 0. The number of benzene rings is 1. The highest BCUT2D eigenvalue weighted by molar-refractivity contribution is 5.99. The third kappa shape index (κ3) is 8.60. The van der Waals surface area contributed by atoms with Gasteiger partial charge in [0.1, 0.15) is 12.4 Å². The van der Waals surface area contributed by atoms with Crippen LogP contribution >= 0.6 is 12.4 Å². The quantitative estimate of drug-likeness (QED) is 0.198. The van der Waals surface area contributed by atoms with Crippen LogP contribution in [0.5, 0.6) is 5.75 Å². The van der Waals surface area contributed by atoms with Gasteiger partial charge in [0.25, 0.3) is 0 Å². The van der Waals surface area contributed by atoms with Gasteiger partial charge in [0.05, 0.1) is 22.8 Å². The number of allylic oxidation sites excluding steroid dienone is 2. The number of aromatic amines is 2. The molecule has 36 heavy (non-hydrogen) atoms. The van der Waals surface area contributed by atoms with Crippen molar-refractivity contribution in [3.63, 3.8) is 0 Å². The Kier molecular flexibility index (Phi) is 11.7. The lowest BCUT2D eigenvalue weighted by Gasteiger charge is -2.05. The van der Waals surface area contributed by atoms with Crippen molar-refractivity contribution in [3.8, 4) is 17.1 Å². The topological polar surface area (TPSA) is 53.2 Å². The average Bonchev–Trinajstić information content (AvgIpc) is 3.64. The lowest BCUT2D eigenvalue weighted by Crippen LogP contribution is -1.95. The minimum Gasteiger partial charge on any atom is -0.487 e. The van der Waals surface area contributed by atoms with Gasteiger partial charge in [-0.25, -0.2) is 0 Å². The third-order valence-electron chi connectivity index (χ3n) is 6.48. The zero-order valence-electron chi connectivity index (χ0n) is 21.5. The second kappa shape index (κ2) is 15.2. The minimum absolute atomic E-state index is 0. The number of hydrogen-bond donors (Lipinski definition) is 2. The van der Waals surface area contributed by atoms with Gasteiger partial charge in [-0.3, -0.25) is 4.99 Å². The van der Waals surface area contributed by atoms with Crippen LogP contribution in [0, 0.1) is 0 Å². The van der Waals surface area contributed by atoms with Crippen LogP contribution in [0.15, 0.2) is 77.6 Å². The van der Waals surface area contributed by atoms with E-state index in [1.807, 2.05) is 30.5 Å². The molecule has 0 atom stereocenters. The fourth-order valence-corrected chi connectivity index (χ4v) is 4.46. The van der Waals surface area contributed by atoms with Gasteiger partial charge in [0, 0.05) is 18.0 Å². The first-order valence-electron chi connectivity index (χ1n) is 13.3. The Morgan fingerprint density at radius 3 is 2.31 bits per heavy atom. The van der Waals surface area contributed by atoms with E-state index in [-0.39, 0.29) is 12.4 Å². The first-order chi connectivity index (χ1) is 17.3. The van der Waals surface area contributed by atoms with Crippen molar-refractivity contribution >= 4 is 24.2 Å². The number of nitrogens with one attached hydrogen (secondary N) is 2. The van der Waals surface area contributed by atoms with Gasteiger partial charge < -0.3 is 14.7 Å². The van der Waals surface area contributed by atoms with E-state index in [2.05, 4.69) is 59.4 Å². The van der Waals surface area contributed by atoms with Crippen LogP contribution in [-0.2, 0) is 6.61 Å². The van der Waals surface area contributed by atoms with E-state index in [9.17, 15) is 0 Å². The molecule has 0 radical (unpaired) electrons. The highest BCUT2D eigenvalue weighted by atomic mass is 35.5. The molecule has 0 amide bonds. The van der Waals surface area contributed by atoms with Crippen LogP contribution in [0.3, 0.4) is 0 Å². The number of aliphatic imine (C=N–C) groups is 1. The molecule has 1 aliphatic heterocycles. The molecule has 192 valence electrons. The average molecular weight is 506 g/mol. The number of hydrogen-bond acceptors (Lipinski definition) is 2. The van der Waals surface area contributed by atoms with Crippen LogP contribution in [0.4, 0.5) is 0 Å². The van der Waals surface area contributed by atoms with E-state index in [4.69, 9.17) is 9.73 Å². The number of rotatable bonds is 15. The first kappa shape index (κ1) is 27.6. The fourth-order valence-electron chi connectivity index (χ4n) is 4.46. The van der Waals surface area contributed by atoms with E-state index in [1.54, 1.807) is 0 Å². The summed E-state index contributed by atoms with van der Waals surface area (Å²) in [6.07, 6.45) is 21.5. The molecule has 2 aromatic heterocycles. The van der Waals surface area contributed by atoms with Crippen LogP contribution in [0.25, 0.3) is 17.5 Å². The third-order valence-corrected chi connectivity index (χ3v) is 6.48. The van der Waals surface area contributed by atoms with Crippen molar-refractivity contribution in [1.29, 1.82) is 0 Å². The molecule has 2 N–H and O–H groups in total. The van der Waals surface area contributed by atoms with E-state index >= 15 is 0 Å². The maximum atomic E-state index is 6.21. The lowest BCUT2D eigenvalue weighted by molar-refractivity contribution is 0.306. The first-order valence-corrected chi connectivity index (χ1v) is 13.3. The Balaban J connectivity index is 0.00000361. The van der Waals surface area contributed by atoms with Gasteiger partial charge in [-0.2, -0.15) is 0 Å². The summed E-state index contributed by atoms with van der Waals surface area (Å²) in [5.41, 5.74) is 6.29. The summed E-state index contributed by atoms with van der Waals surface area (Å²) in [6.45, 7) is 2.81. The molecule has 0 saturated heterocycles. The second-order valence-corrected chi connectivity index (χ2v) is 9.40. The predicted molar refractivity (Wildman–Crippen MR) is 155 cm³/mol. The van der Waals surface area contributed by atoms with Crippen LogP contribution in [0.1, 0.15) is 82.4 Å². The van der Waals surface area contributed by atoms with E-state index in [0.717, 1.165) is 40.5 Å². The molecular formula is C31H40ClN3O. The van der Waals surface area contributed by atoms with Crippen molar-refractivity contribution < 1.29 is 4.74 Å². The lowest BCUT2D eigenvalue weighted by atomic mass is 10.1. The van der Waals surface area contributed by atoms with Gasteiger partial charge >= 0.3 is 0 Å². The maximum absolute atomic E-state index is 6.21. The highest BCUT2D eigenvalue weighted by Crippen LogP contribution is 2.30. The predicted octanol–water partition coefficient (Wildman–Crippen LogP) is 9.28. The van der Waals surface area contributed by atoms with E-state index < -0.39 is 0 Å². The van der Waals surface area contributed by atoms with Gasteiger partial charge in [-0.05, 0) is 48.8 Å². The summed E-state index contributed by atoms with van der Waals surface area (Å²) in [5, 5.41) is 0. The van der Waals surface area contributed by atoms with E-state index in [1.165, 1.54) is 63.5 Å². The largest absolute Gasteiger partial charge is 0.487 e. The molecule has 5 heteroatoms. The van der Waals surface area contributed by atoms with Crippen molar-refractivity contribution in [1.82, 2.24) is 9.97 Å². The molecule has 4 nitrogen and oxygen atoms in total. The monoisotopic (exact) mass is 505 g/mol. The smallest absolute Gasteiger partial charge is 0.145 e. The molecule has 0 spiro atoms. The van der Waals surface area contributed by atoms with Gasteiger partial charge in [0.15, 0.2) is 0 Å². The molecule has 0 bridgehead atoms. The standard InChI is InChI=1S/C31H39N3O.ClH/c1-2-3-4-5-6-7-8-9-13-17-26-19-20-27(33-26)22-30-31(35-24-25-15-11-10-12-16-25)23-29(34-30)28-18-14-21-32-28;/h10-12,14-16,18-23,32,34H,2-9,13,17,24H2,1H3;1H. The maximum Gasteiger partial charge on any atom is 0.145 e. The molecule has 1 aromatic carbocycles.